The summed E-state index contributed by atoms with van der Waals surface area (Å²) in [5.41, 5.74) is 11.6. The molecule has 1 fully saturated rings. The number of hydrogen-bond donors (Lipinski definition) is 3. The van der Waals surface area contributed by atoms with Gasteiger partial charge in [-0.05, 0) is 27.2 Å². The Morgan fingerprint density at radius 1 is 1.50 bits per heavy atom. The molecule has 1 saturated heterocycles. The fourth-order valence-corrected chi connectivity index (χ4v) is 2.00. The minimum atomic E-state index is -0.300. The maximum absolute atomic E-state index is 12.3. The van der Waals surface area contributed by atoms with Crippen LogP contribution < -0.4 is 16.6 Å². The van der Waals surface area contributed by atoms with E-state index in [0.717, 1.165) is 6.42 Å². The van der Waals surface area contributed by atoms with Gasteiger partial charge in [-0.2, -0.15) is 0 Å². The Bertz CT molecular complexity index is 254. The molecule has 0 saturated carbocycles. The van der Waals surface area contributed by atoms with Gasteiger partial charge in [-0.25, -0.2) is 5.43 Å². The Morgan fingerprint density at radius 2 is 2.12 bits per heavy atom. The van der Waals surface area contributed by atoms with Crippen LogP contribution in [0, 0.1) is 0 Å². The third-order valence-corrected chi connectivity index (χ3v) is 3.47. The first-order chi connectivity index (χ1) is 7.44. The number of nitrogens with zero attached hydrogens (tertiary/aromatic N) is 1. The van der Waals surface area contributed by atoms with Crippen LogP contribution in [0.2, 0.25) is 0 Å². The Balaban J connectivity index is 2.77. The summed E-state index contributed by atoms with van der Waals surface area (Å²) in [6, 6.07) is -0.444. The van der Waals surface area contributed by atoms with Crippen molar-refractivity contribution < 1.29 is 4.79 Å². The Morgan fingerprint density at radius 3 is 2.50 bits per heavy atom. The van der Waals surface area contributed by atoms with E-state index in [0.29, 0.717) is 13.1 Å². The summed E-state index contributed by atoms with van der Waals surface area (Å²) in [6.45, 7) is 9.62. The maximum atomic E-state index is 12.3. The lowest BCUT2D eigenvalue weighted by molar-refractivity contribution is -0.138. The lowest BCUT2D eigenvalue weighted by Gasteiger charge is -2.39. The number of likely N-dealkylation sites (N-methyl/N-ethyl adjacent to an activating group) is 1. The number of amides is 1. The van der Waals surface area contributed by atoms with Gasteiger partial charge in [-0.15, -0.1) is 0 Å². The predicted molar refractivity (Wildman–Crippen MR) is 64.7 cm³/mol. The number of nitrogens with two attached hydrogens (primary N) is 1. The molecule has 0 spiro atoms. The van der Waals surface area contributed by atoms with E-state index in [1.54, 1.807) is 0 Å². The van der Waals surface area contributed by atoms with Crippen LogP contribution in [0.4, 0.5) is 0 Å². The average Bonchev–Trinajstić information content (AvgIpc) is 2.65. The molecule has 4 N–H and O–H groups in total. The second kappa shape index (κ2) is 5.12. The molecule has 0 aromatic heterocycles. The molecule has 1 aliphatic heterocycles. The summed E-state index contributed by atoms with van der Waals surface area (Å²) in [6.07, 6.45) is 0.933. The zero-order valence-electron chi connectivity index (χ0n) is 10.7. The Hall–Kier alpha value is -0.650. The number of carbonyl (C=O) groups is 1. The first-order valence-corrected chi connectivity index (χ1v) is 5.99. The van der Waals surface area contributed by atoms with Gasteiger partial charge in [0.1, 0.15) is 6.04 Å². The van der Waals surface area contributed by atoms with Gasteiger partial charge < -0.3 is 10.6 Å². The van der Waals surface area contributed by atoms with Crippen LogP contribution in [0.15, 0.2) is 0 Å². The summed E-state index contributed by atoms with van der Waals surface area (Å²) in [4.78, 5) is 14.2. The van der Waals surface area contributed by atoms with Crippen LogP contribution in [-0.4, -0.2) is 41.5 Å². The number of nitrogens with one attached hydrogen (secondary N) is 2. The number of hydrazine groups is 1. The fourth-order valence-electron chi connectivity index (χ4n) is 2.00. The van der Waals surface area contributed by atoms with Crippen molar-refractivity contribution in [2.24, 2.45) is 5.73 Å². The topological polar surface area (TPSA) is 70.4 Å². The van der Waals surface area contributed by atoms with E-state index in [1.165, 1.54) is 0 Å². The Labute approximate surface area is 97.7 Å². The highest BCUT2D eigenvalue weighted by molar-refractivity contribution is 5.83. The SMILES string of the molecule is CCN(C(=O)C1NNCC1N)C(C)(C)CC. The van der Waals surface area contributed by atoms with E-state index in [4.69, 9.17) is 5.73 Å². The van der Waals surface area contributed by atoms with Crippen LogP contribution in [0.1, 0.15) is 34.1 Å². The van der Waals surface area contributed by atoms with Gasteiger partial charge in [-0.1, -0.05) is 6.92 Å². The van der Waals surface area contributed by atoms with Gasteiger partial charge in [0.05, 0.1) is 0 Å². The smallest absolute Gasteiger partial charge is 0.243 e. The van der Waals surface area contributed by atoms with Gasteiger partial charge in [0.25, 0.3) is 0 Å². The second-order valence-corrected chi connectivity index (χ2v) is 4.92. The molecule has 0 bridgehead atoms. The van der Waals surface area contributed by atoms with Crippen LogP contribution in [0.25, 0.3) is 0 Å². The lowest BCUT2D eigenvalue weighted by atomic mass is 9.97. The first kappa shape index (κ1) is 13.4. The quantitative estimate of drug-likeness (QED) is 0.625. The summed E-state index contributed by atoms with van der Waals surface area (Å²) in [5.74, 6) is 0.0897. The van der Waals surface area contributed by atoms with Gasteiger partial charge in [-0.3, -0.25) is 10.2 Å². The highest BCUT2D eigenvalue weighted by Gasteiger charge is 2.37. The maximum Gasteiger partial charge on any atom is 0.243 e. The molecule has 1 heterocycles. The zero-order valence-corrected chi connectivity index (χ0v) is 10.7. The molecule has 1 aliphatic rings. The molecule has 0 aromatic carbocycles. The first-order valence-electron chi connectivity index (χ1n) is 5.99. The monoisotopic (exact) mass is 228 g/mol. The highest BCUT2D eigenvalue weighted by Crippen LogP contribution is 2.20. The van der Waals surface area contributed by atoms with Crippen LogP contribution in [0.3, 0.4) is 0 Å². The van der Waals surface area contributed by atoms with E-state index in [-0.39, 0.29) is 23.5 Å². The molecule has 0 aromatic rings. The largest absolute Gasteiger partial charge is 0.336 e. The van der Waals surface area contributed by atoms with Gasteiger partial charge in [0, 0.05) is 24.7 Å². The summed E-state index contributed by atoms with van der Waals surface area (Å²) < 4.78 is 0. The van der Waals surface area contributed by atoms with Crippen molar-refractivity contribution in [3.8, 4) is 0 Å². The minimum absolute atomic E-state index is 0.0897. The van der Waals surface area contributed by atoms with Crippen LogP contribution >= 0.6 is 0 Å². The van der Waals surface area contributed by atoms with Gasteiger partial charge in [0.15, 0.2) is 0 Å². The summed E-state index contributed by atoms with van der Waals surface area (Å²) in [7, 11) is 0. The van der Waals surface area contributed by atoms with E-state index >= 15 is 0 Å². The molecular formula is C11H24N4O. The normalized spacial score (nSPS) is 25.8. The fraction of sp³-hybridized carbons (Fsp3) is 0.909. The molecular weight excluding hydrogens is 204 g/mol. The van der Waals surface area contributed by atoms with E-state index < -0.39 is 0 Å². The molecule has 5 heteroatoms. The summed E-state index contributed by atoms with van der Waals surface area (Å²) in [5, 5.41) is 0. The van der Waals surface area contributed by atoms with Gasteiger partial charge >= 0.3 is 0 Å². The van der Waals surface area contributed by atoms with Crippen molar-refractivity contribution >= 4 is 5.91 Å². The Kier molecular flexibility index (Phi) is 4.29. The standard InChI is InChI=1S/C11H24N4O/c1-5-11(3,4)15(6-2)10(16)9-8(12)7-13-14-9/h8-9,13-14H,5-7,12H2,1-4H3. The molecule has 5 nitrogen and oxygen atoms in total. The van der Waals surface area contributed by atoms with Crippen molar-refractivity contribution in [1.82, 2.24) is 15.8 Å². The van der Waals surface area contributed by atoms with Crippen molar-refractivity contribution in [1.29, 1.82) is 0 Å². The third-order valence-electron chi connectivity index (χ3n) is 3.47. The molecule has 2 unspecified atom stereocenters. The van der Waals surface area contributed by atoms with Crippen molar-refractivity contribution in [3.05, 3.63) is 0 Å². The highest BCUT2D eigenvalue weighted by atomic mass is 16.2. The minimum Gasteiger partial charge on any atom is -0.336 e. The van der Waals surface area contributed by atoms with Crippen molar-refractivity contribution in [3.63, 3.8) is 0 Å². The molecule has 94 valence electrons. The molecule has 16 heavy (non-hydrogen) atoms. The number of hydrogen-bond acceptors (Lipinski definition) is 4. The van der Waals surface area contributed by atoms with Crippen LogP contribution in [-0.2, 0) is 4.79 Å². The molecule has 0 aliphatic carbocycles. The average molecular weight is 228 g/mol. The number of carbonyl (C=O) groups excluding carboxylic acids is 1. The van der Waals surface area contributed by atoms with Crippen LogP contribution in [0.5, 0.6) is 0 Å². The molecule has 1 rings (SSSR count). The van der Waals surface area contributed by atoms with Crippen molar-refractivity contribution in [2.75, 3.05) is 13.1 Å². The number of rotatable bonds is 4. The molecule has 0 radical (unpaired) electrons. The summed E-state index contributed by atoms with van der Waals surface area (Å²) >= 11 is 0. The second-order valence-electron chi connectivity index (χ2n) is 4.92. The van der Waals surface area contributed by atoms with E-state index in [9.17, 15) is 4.79 Å². The lowest BCUT2D eigenvalue weighted by Crippen LogP contribution is -2.57. The zero-order chi connectivity index (χ0) is 12.3. The van der Waals surface area contributed by atoms with Gasteiger partial charge in [0.2, 0.25) is 5.91 Å². The van der Waals surface area contributed by atoms with Crippen molar-refractivity contribution in [2.45, 2.75) is 51.7 Å². The predicted octanol–water partition coefficient (Wildman–Crippen LogP) is -0.173. The molecule has 2 atom stereocenters. The molecule has 1 amide bonds. The van der Waals surface area contributed by atoms with E-state index in [2.05, 4.69) is 31.6 Å². The third kappa shape index (κ3) is 2.53. The van der Waals surface area contributed by atoms with E-state index in [1.807, 2.05) is 11.8 Å².